The first-order valence-corrected chi connectivity index (χ1v) is 6.00. The third-order valence-corrected chi connectivity index (χ3v) is 3.58. The van der Waals surface area contributed by atoms with Crippen LogP contribution in [0.15, 0.2) is 0 Å². The van der Waals surface area contributed by atoms with Crippen LogP contribution >= 0.6 is 0 Å². The highest BCUT2D eigenvalue weighted by atomic mass is 15.4. The molecule has 78 valence electrons. The van der Waals surface area contributed by atoms with E-state index < -0.39 is 0 Å². The number of unbranched alkanes of at least 4 members (excludes halogenated alkanes) is 2. The summed E-state index contributed by atoms with van der Waals surface area (Å²) in [5.41, 5.74) is 0. The zero-order valence-electron chi connectivity index (χ0n) is 9.68. The number of rotatable bonds is 7. The van der Waals surface area contributed by atoms with Crippen molar-refractivity contribution in [2.45, 2.75) is 46.0 Å². The van der Waals surface area contributed by atoms with Crippen LogP contribution in [0.5, 0.6) is 0 Å². The summed E-state index contributed by atoms with van der Waals surface area (Å²) in [5, 5.41) is 0. The van der Waals surface area contributed by atoms with Crippen LogP contribution < -0.4 is 0 Å². The Morgan fingerprint density at radius 3 is 2.38 bits per heavy atom. The maximum atomic E-state index is 2.38. The highest BCUT2D eigenvalue weighted by Gasteiger charge is 2.35. The molecule has 1 heteroatoms. The number of hydrogen-bond donors (Lipinski definition) is 0. The molecule has 1 rings (SSSR count). The molecule has 1 aliphatic heterocycles. The van der Waals surface area contributed by atoms with Crippen molar-refractivity contribution < 1.29 is 4.48 Å². The van der Waals surface area contributed by atoms with Crippen LogP contribution in [0.1, 0.15) is 46.0 Å². The lowest BCUT2D eigenvalue weighted by atomic mass is 10.0. The minimum absolute atomic E-state index is 0.950. The molecule has 13 heavy (non-hydrogen) atoms. The van der Waals surface area contributed by atoms with E-state index in [4.69, 9.17) is 0 Å². The summed E-state index contributed by atoms with van der Waals surface area (Å²) >= 11 is 0. The van der Waals surface area contributed by atoms with Crippen LogP contribution in [-0.2, 0) is 0 Å². The van der Waals surface area contributed by atoms with Crippen molar-refractivity contribution in [2.24, 2.45) is 5.92 Å². The van der Waals surface area contributed by atoms with Crippen molar-refractivity contribution in [3.63, 3.8) is 0 Å². The molecule has 0 aromatic rings. The fourth-order valence-electron chi connectivity index (χ4n) is 1.76. The predicted molar refractivity (Wildman–Crippen MR) is 58.7 cm³/mol. The smallest absolute Gasteiger partial charge is 0.128 e. The van der Waals surface area contributed by atoms with Gasteiger partial charge in [0, 0.05) is 0 Å². The topological polar surface area (TPSA) is 0 Å². The van der Waals surface area contributed by atoms with Crippen molar-refractivity contribution in [1.82, 2.24) is 0 Å². The lowest BCUT2D eigenvalue weighted by Crippen LogP contribution is -2.20. The minimum atomic E-state index is 0.950. The average molecular weight is 184 g/mol. The SMILES string of the molecule is CCC(C)CCCCC[N+]1(C)CC1. The van der Waals surface area contributed by atoms with Gasteiger partial charge in [-0.1, -0.05) is 33.1 Å². The van der Waals surface area contributed by atoms with E-state index in [0.29, 0.717) is 0 Å². The molecule has 0 spiro atoms. The Kier molecular flexibility index (Phi) is 4.24. The summed E-state index contributed by atoms with van der Waals surface area (Å²) < 4.78 is 1.36. The first-order valence-electron chi connectivity index (χ1n) is 6.00. The average Bonchev–Trinajstić information content (AvgIpc) is 2.83. The third kappa shape index (κ3) is 4.66. The van der Waals surface area contributed by atoms with E-state index in [2.05, 4.69) is 20.9 Å². The molecular formula is C12H26N+. The van der Waals surface area contributed by atoms with E-state index in [1.54, 1.807) is 0 Å². The summed E-state index contributed by atoms with van der Waals surface area (Å²) in [6.45, 7) is 8.97. The molecule has 0 N–H and O–H groups in total. The molecule has 0 amide bonds. The monoisotopic (exact) mass is 184 g/mol. The molecule has 1 aliphatic rings. The largest absolute Gasteiger partial charge is 0.317 e. The Hall–Kier alpha value is -0.0400. The van der Waals surface area contributed by atoms with Crippen molar-refractivity contribution in [2.75, 3.05) is 26.7 Å². The van der Waals surface area contributed by atoms with Crippen molar-refractivity contribution in [3.05, 3.63) is 0 Å². The molecule has 0 saturated carbocycles. The maximum absolute atomic E-state index is 2.38. The summed E-state index contributed by atoms with van der Waals surface area (Å²) in [5.74, 6) is 0.950. The van der Waals surface area contributed by atoms with E-state index in [1.165, 1.54) is 56.2 Å². The van der Waals surface area contributed by atoms with Gasteiger partial charge in [-0.05, 0) is 18.8 Å². The Morgan fingerprint density at radius 2 is 1.85 bits per heavy atom. The van der Waals surface area contributed by atoms with Gasteiger partial charge in [0.15, 0.2) is 0 Å². The van der Waals surface area contributed by atoms with Gasteiger partial charge in [0.25, 0.3) is 0 Å². The molecule has 1 nitrogen and oxygen atoms in total. The second-order valence-corrected chi connectivity index (χ2v) is 5.15. The van der Waals surface area contributed by atoms with Gasteiger partial charge < -0.3 is 4.48 Å². The minimum Gasteiger partial charge on any atom is -0.317 e. The Labute approximate surface area is 83.7 Å². The first-order chi connectivity index (χ1) is 6.16. The molecular weight excluding hydrogens is 158 g/mol. The summed E-state index contributed by atoms with van der Waals surface area (Å²) in [6.07, 6.45) is 7.16. The number of nitrogens with zero attached hydrogens (tertiary/aromatic N) is 1. The zero-order chi connectivity index (χ0) is 9.73. The Bertz CT molecular complexity index is 138. The van der Waals surface area contributed by atoms with Crippen molar-refractivity contribution in [3.8, 4) is 0 Å². The molecule has 1 unspecified atom stereocenters. The van der Waals surface area contributed by atoms with Crippen LogP contribution in [0, 0.1) is 5.92 Å². The van der Waals surface area contributed by atoms with E-state index in [0.717, 1.165) is 5.92 Å². The Balaban J connectivity index is 1.84. The van der Waals surface area contributed by atoms with Crippen molar-refractivity contribution in [1.29, 1.82) is 0 Å². The van der Waals surface area contributed by atoms with Gasteiger partial charge in [0.05, 0.1) is 13.6 Å². The van der Waals surface area contributed by atoms with E-state index in [9.17, 15) is 0 Å². The van der Waals surface area contributed by atoms with Crippen LogP contribution in [0.4, 0.5) is 0 Å². The lowest BCUT2D eigenvalue weighted by molar-refractivity contribution is -0.777. The second kappa shape index (κ2) is 4.99. The van der Waals surface area contributed by atoms with Gasteiger partial charge >= 0.3 is 0 Å². The van der Waals surface area contributed by atoms with Gasteiger partial charge in [0.2, 0.25) is 0 Å². The van der Waals surface area contributed by atoms with Crippen LogP contribution in [-0.4, -0.2) is 31.2 Å². The molecule has 0 radical (unpaired) electrons. The lowest BCUT2D eigenvalue weighted by Gasteiger charge is -2.11. The predicted octanol–water partition coefficient (Wildman–Crippen LogP) is 3.05. The molecule has 0 bridgehead atoms. The standard InChI is InChI=1S/C12H26N/c1-4-12(2)8-6-5-7-9-13(3)10-11-13/h12H,4-11H2,1-3H3/q+1. The van der Waals surface area contributed by atoms with Crippen LogP contribution in [0.3, 0.4) is 0 Å². The quantitative estimate of drug-likeness (QED) is 0.324. The molecule has 1 saturated heterocycles. The molecule has 1 heterocycles. The van der Waals surface area contributed by atoms with Gasteiger partial charge in [0.1, 0.15) is 13.1 Å². The van der Waals surface area contributed by atoms with Gasteiger partial charge in [-0.2, -0.15) is 0 Å². The van der Waals surface area contributed by atoms with Crippen LogP contribution in [0.25, 0.3) is 0 Å². The molecule has 0 aromatic carbocycles. The fourth-order valence-corrected chi connectivity index (χ4v) is 1.76. The first kappa shape index (κ1) is 11.0. The third-order valence-electron chi connectivity index (χ3n) is 3.58. The van der Waals surface area contributed by atoms with Crippen LogP contribution in [0.2, 0.25) is 0 Å². The highest BCUT2D eigenvalue weighted by Crippen LogP contribution is 2.19. The fraction of sp³-hybridized carbons (Fsp3) is 1.00. The highest BCUT2D eigenvalue weighted by molar-refractivity contribution is 4.54. The molecule has 0 aromatic heterocycles. The van der Waals surface area contributed by atoms with Crippen molar-refractivity contribution >= 4 is 0 Å². The van der Waals surface area contributed by atoms with Gasteiger partial charge in [-0.25, -0.2) is 0 Å². The number of likely N-dealkylation sites (N-methyl/N-ethyl adjacent to an activating group) is 1. The van der Waals surface area contributed by atoms with E-state index in [1.807, 2.05) is 0 Å². The van der Waals surface area contributed by atoms with Gasteiger partial charge in [-0.15, -0.1) is 0 Å². The number of quaternary nitrogens is 1. The second-order valence-electron chi connectivity index (χ2n) is 5.15. The zero-order valence-corrected chi connectivity index (χ0v) is 9.68. The van der Waals surface area contributed by atoms with E-state index in [-0.39, 0.29) is 0 Å². The number of hydrogen-bond acceptors (Lipinski definition) is 0. The maximum Gasteiger partial charge on any atom is 0.128 e. The molecule has 0 aliphatic carbocycles. The Morgan fingerprint density at radius 1 is 1.15 bits per heavy atom. The molecule has 1 fully saturated rings. The summed E-state index contributed by atoms with van der Waals surface area (Å²) in [4.78, 5) is 0. The normalized spacial score (nSPS) is 21.5. The van der Waals surface area contributed by atoms with Gasteiger partial charge in [-0.3, -0.25) is 0 Å². The van der Waals surface area contributed by atoms with E-state index >= 15 is 0 Å². The summed E-state index contributed by atoms with van der Waals surface area (Å²) in [7, 11) is 2.38. The molecule has 1 atom stereocenters. The summed E-state index contributed by atoms with van der Waals surface area (Å²) in [6, 6.07) is 0.